The summed E-state index contributed by atoms with van der Waals surface area (Å²) in [4.78, 5) is 13.3. The summed E-state index contributed by atoms with van der Waals surface area (Å²) in [6.45, 7) is 2.90. The number of carbonyl (C=O) groups is 1. The second kappa shape index (κ2) is 45.1. The summed E-state index contributed by atoms with van der Waals surface area (Å²) in [5, 5.41) is 87.2. The second-order valence-electron chi connectivity index (χ2n) is 21.8. The van der Waals surface area contributed by atoms with Crippen molar-refractivity contribution in [2.24, 2.45) is 0 Å². The third-order valence-electron chi connectivity index (χ3n) is 15.3. The molecule has 2 fully saturated rings. The number of unbranched alkanes of at least 4 members (excludes halogenated alkanes) is 36. The van der Waals surface area contributed by atoms with Gasteiger partial charge in [0.05, 0.1) is 32.0 Å². The molecule has 14 nitrogen and oxygen atoms in total. The van der Waals surface area contributed by atoms with Crippen molar-refractivity contribution in [1.82, 2.24) is 5.32 Å². The normalized spacial score (nSPS) is 25.5. The van der Waals surface area contributed by atoms with E-state index in [4.69, 9.17) is 18.9 Å². The standard InChI is InChI=1S/C58H113NO13/c1-3-5-7-9-11-13-15-17-19-21-22-23-24-25-26-28-30-32-34-36-38-40-42-50(63)59-46(47(62)41-39-37-35-33-31-29-27-20-18-16-14-12-10-8-6-4-2)45-69-57-55(68)53(66)56(49(44-61)71-57)72-58-54(67)52(65)51(64)48(43-60)70-58/h46-49,51-58,60-62,64-68H,3-45H2,1-2H3,(H,59,63). The number of aliphatic hydroxyl groups is 8. The molecule has 72 heavy (non-hydrogen) atoms. The Bertz CT molecular complexity index is 1220. The van der Waals surface area contributed by atoms with E-state index in [1.165, 1.54) is 193 Å². The largest absolute Gasteiger partial charge is 0.394 e. The van der Waals surface area contributed by atoms with Crippen LogP contribution in [0.3, 0.4) is 0 Å². The van der Waals surface area contributed by atoms with Gasteiger partial charge in [-0.3, -0.25) is 4.79 Å². The van der Waals surface area contributed by atoms with Crippen LogP contribution in [0, 0.1) is 0 Å². The fraction of sp³-hybridized carbons (Fsp3) is 0.983. The molecule has 0 saturated carbocycles. The summed E-state index contributed by atoms with van der Waals surface area (Å²) >= 11 is 0. The predicted molar refractivity (Wildman–Crippen MR) is 286 cm³/mol. The number of amides is 1. The van der Waals surface area contributed by atoms with Gasteiger partial charge < -0.3 is 65.1 Å². The average Bonchev–Trinajstić information content (AvgIpc) is 3.38. The molecule has 0 aromatic rings. The van der Waals surface area contributed by atoms with Crippen molar-refractivity contribution in [1.29, 1.82) is 0 Å². The Morgan fingerprint density at radius 1 is 0.444 bits per heavy atom. The fourth-order valence-corrected chi connectivity index (χ4v) is 10.4. The zero-order valence-electron chi connectivity index (χ0n) is 46.0. The van der Waals surface area contributed by atoms with Crippen molar-refractivity contribution in [3.63, 3.8) is 0 Å². The van der Waals surface area contributed by atoms with Crippen molar-refractivity contribution in [2.45, 2.75) is 344 Å². The van der Waals surface area contributed by atoms with E-state index < -0.39 is 86.8 Å². The van der Waals surface area contributed by atoms with Gasteiger partial charge in [-0.1, -0.05) is 251 Å². The van der Waals surface area contributed by atoms with Crippen LogP contribution in [0.5, 0.6) is 0 Å². The highest BCUT2D eigenvalue weighted by molar-refractivity contribution is 5.76. The molecule has 2 rings (SSSR count). The third kappa shape index (κ3) is 30.7. The first-order chi connectivity index (χ1) is 35.1. The maximum atomic E-state index is 13.3. The minimum atomic E-state index is -1.78. The van der Waals surface area contributed by atoms with Gasteiger partial charge in [0.1, 0.15) is 48.8 Å². The first kappa shape index (κ1) is 67.1. The van der Waals surface area contributed by atoms with Crippen LogP contribution in [0.15, 0.2) is 0 Å². The Morgan fingerprint density at radius 3 is 1.18 bits per heavy atom. The molecule has 12 unspecified atom stereocenters. The van der Waals surface area contributed by atoms with Gasteiger partial charge in [0.2, 0.25) is 5.91 Å². The molecule has 2 saturated heterocycles. The number of aliphatic hydroxyl groups excluding tert-OH is 8. The molecule has 0 spiro atoms. The van der Waals surface area contributed by atoms with Crippen molar-refractivity contribution >= 4 is 5.91 Å². The molecule has 2 aliphatic heterocycles. The zero-order valence-corrected chi connectivity index (χ0v) is 46.0. The van der Waals surface area contributed by atoms with E-state index in [9.17, 15) is 45.6 Å². The summed E-state index contributed by atoms with van der Waals surface area (Å²) in [6, 6.07) is -0.822. The van der Waals surface area contributed by atoms with Crippen LogP contribution < -0.4 is 5.32 Å². The van der Waals surface area contributed by atoms with Crippen LogP contribution in [-0.2, 0) is 23.7 Å². The van der Waals surface area contributed by atoms with Crippen LogP contribution >= 0.6 is 0 Å². The summed E-state index contributed by atoms with van der Waals surface area (Å²) < 4.78 is 22.8. The van der Waals surface area contributed by atoms with Gasteiger partial charge >= 0.3 is 0 Å². The molecule has 1 amide bonds. The average molecular weight is 1030 g/mol. The van der Waals surface area contributed by atoms with Crippen LogP contribution in [0.4, 0.5) is 0 Å². The lowest BCUT2D eigenvalue weighted by molar-refractivity contribution is -0.359. The molecule has 2 aliphatic rings. The van der Waals surface area contributed by atoms with Crippen LogP contribution in [-0.4, -0.2) is 140 Å². The highest BCUT2D eigenvalue weighted by Gasteiger charge is 2.51. The van der Waals surface area contributed by atoms with Crippen molar-refractivity contribution in [3.05, 3.63) is 0 Å². The lowest BCUT2D eigenvalue weighted by Crippen LogP contribution is -2.65. The van der Waals surface area contributed by atoms with Crippen LogP contribution in [0.25, 0.3) is 0 Å². The lowest BCUT2D eigenvalue weighted by atomic mass is 9.97. The zero-order chi connectivity index (χ0) is 52.4. The van der Waals surface area contributed by atoms with Crippen LogP contribution in [0.2, 0.25) is 0 Å². The van der Waals surface area contributed by atoms with E-state index >= 15 is 0 Å². The third-order valence-corrected chi connectivity index (χ3v) is 15.3. The molecule has 428 valence electrons. The monoisotopic (exact) mass is 1030 g/mol. The van der Waals surface area contributed by atoms with Gasteiger partial charge in [0.25, 0.3) is 0 Å². The summed E-state index contributed by atoms with van der Waals surface area (Å²) in [7, 11) is 0. The van der Waals surface area contributed by atoms with Crippen LogP contribution in [0.1, 0.15) is 271 Å². The Balaban J connectivity index is 1.73. The maximum absolute atomic E-state index is 13.3. The maximum Gasteiger partial charge on any atom is 0.220 e. The first-order valence-corrected chi connectivity index (χ1v) is 30.3. The van der Waals surface area contributed by atoms with Gasteiger partial charge in [-0.15, -0.1) is 0 Å². The minimum absolute atomic E-state index is 0.200. The lowest BCUT2D eigenvalue weighted by Gasteiger charge is -2.46. The van der Waals surface area contributed by atoms with E-state index in [1.807, 2.05) is 0 Å². The van der Waals surface area contributed by atoms with Gasteiger partial charge in [0, 0.05) is 6.42 Å². The molecule has 0 aromatic heterocycles. The molecule has 0 radical (unpaired) electrons. The van der Waals surface area contributed by atoms with E-state index in [0.29, 0.717) is 12.8 Å². The highest BCUT2D eigenvalue weighted by Crippen LogP contribution is 2.30. The summed E-state index contributed by atoms with van der Waals surface area (Å²) in [5.74, 6) is -0.200. The smallest absolute Gasteiger partial charge is 0.220 e. The molecule has 14 heteroatoms. The summed E-state index contributed by atoms with van der Waals surface area (Å²) in [6.07, 6.45) is 32.4. The Kier molecular flexibility index (Phi) is 42.0. The van der Waals surface area contributed by atoms with Gasteiger partial charge in [-0.25, -0.2) is 0 Å². The number of ether oxygens (including phenoxy) is 4. The molecule has 12 atom stereocenters. The molecular formula is C58H113NO13. The van der Waals surface area contributed by atoms with E-state index in [0.717, 1.165) is 51.4 Å². The van der Waals surface area contributed by atoms with E-state index in [-0.39, 0.29) is 12.5 Å². The summed E-state index contributed by atoms with van der Waals surface area (Å²) in [5.41, 5.74) is 0. The SMILES string of the molecule is CCCCCCCCCCCCCCCCCCCCCCCCC(=O)NC(COC1OC(CO)C(OC2OC(CO)C(O)C(O)C2O)C(O)C1O)C(O)CCCCCCCCCCCCCCCCCC. The first-order valence-electron chi connectivity index (χ1n) is 30.3. The Labute approximate surface area is 438 Å². The number of nitrogens with one attached hydrogen (secondary N) is 1. The molecule has 2 heterocycles. The second-order valence-corrected chi connectivity index (χ2v) is 21.8. The van der Waals surface area contributed by atoms with Crippen molar-refractivity contribution in [2.75, 3.05) is 19.8 Å². The van der Waals surface area contributed by atoms with E-state index in [2.05, 4.69) is 19.2 Å². The quantitative estimate of drug-likeness (QED) is 0.0259. The number of rotatable bonds is 49. The molecule has 9 N–H and O–H groups in total. The number of hydrogen-bond acceptors (Lipinski definition) is 13. The number of carbonyl (C=O) groups excluding carboxylic acids is 1. The minimum Gasteiger partial charge on any atom is -0.394 e. The topological polar surface area (TPSA) is 228 Å². The molecule has 0 bridgehead atoms. The Hall–Kier alpha value is -1.01. The molecule has 0 aliphatic carbocycles. The Morgan fingerprint density at radius 2 is 0.792 bits per heavy atom. The van der Waals surface area contributed by atoms with Gasteiger partial charge in [-0.2, -0.15) is 0 Å². The van der Waals surface area contributed by atoms with Gasteiger partial charge in [-0.05, 0) is 12.8 Å². The predicted octanol–water partition coefficient (Wildman–Crippen LogP) is 10.1. The number of hydrogen-bond donors (Lipinski definition) is 9. The highest BCUT2D eigenvalue weighted by atomic mass is 16.7. The van der Waals surface area contributed by atoms with Gasteiger partial charge in [0.15, 0.2) is 12.6 Å². The fourth-order valence-electron chi connectivity index (χ4n) is 10.4. The van der Waals surface area contributed by atoms with E-state index in [1.54, 1.807) is 0 Å². The molecular weight excluding hydrogens is 919 g/mol. The molecule has 0 aromatic carbocycles. The van der Waals surface area contributed by atoms with Crippen molar-refractivity contribution < 1.29 is 64.6 Å². The van der Waals surface area contributed by atoms with Crippen molar-refractivity contribution in [3.8, 4) is 0 Å².